The molecule has 13 nitrogen and oxygen atoms in total. The Kier molecular flexibility index (Phi) is 11.3. The first-order valence-electron chi connectivity index (χ1n) is 19.2. The molecule has 4 aliphatic rings. The first kappa shape index (κ1) is 37.7. The summed E-state index contributed by atoms with van der Waals surface area (Å²) in [5, 5.41) is 26.3. The number of amides is 2. The molecule has 1 aromatic heterocycles. The number of aromatic hydroxyl groups is 2. The second-order valence-corrected chi connectivity index (χ2v) is 15.0. The Morgan fingerprint density at radius 2 is 1.80 bits per heavy atom. The Balaban J connectivity index is 1.11. The minimum absolute atomic E-state index is 0.0153. The number of nitrogens with one attached hydrogen (secondary N) is 1. The number of fused-ring (bicyclic) bond motifs is 6. The molecule has 7 rings (SSSR count). The normalized spacial score (nSPS) is 21.5. The Bertz CT molecular complexity index is 2070. The van der Waals surface area contributed by atoms with Gasteiger partial charge in [-0.15, -0.1) is 0 Å². The number of piperidine rings is 1. The number of cyclic esters (lactones) is 1. The molecule has 290 valence electrons. The molecular weight excluding hydrogens is 706 g/mol. The third kappa shape index (κ3) is 8.40. The van der Waals surface area contributed by atoms with Crippen molar-refractivity contribution in [2.45, 2.75) is 89.2 Å². The summed E-state index contributed by atoms with van der Waals surface area (Å²) in [6.45, 7) is 3.43. The third-order valence-corrected chi connectivity index (χ3v) is 11.1. The summed E-state index contributed by atoms with van der Waals surface area (Å²) in [6, 6.07) is 11.7. The van der Waals surface area contributed by atoms with Crippen molar-refractivity contribution in [3.8, 4) is 23.0 Å². The molecule has 4 aliphatic heterocycles. The van der Waals surface area contributed by atoms with Gasteiger partial charge in [-0.2, -0.15) is 0 Å². The van der Waals surface area contributed by atoms with E-state index in [0.29, 0.717) is 75.2 Å². The lowest BCUT2D eigenvalue weighted by molar-refractivity contribution is -0.134. The summed E-state index contributed by atoms with van der Waals surface area (Å²) < 4.78 is 18.6. The monoisotopic (exact) mass is 753 g/mol. The zero-order valence-corrected chi connectivity index (χ0v) is 31.0. The number of likely N-dealkylation sites (tertiary alicyclic amines) is 1. The smallest absolute Gasteiger partial charge is 0.342 e. The van der Waals surface area contributed by atoms with E-state index < -0.39 is 29.6 Å². The minimum Gasteiger partial charge on any atom is -0.507 e. The van der Waals surface area contributed by atoms with Crippen LogP contribution in [0.2, 0.25) is 0 Å². The number of esters is 1. The zero-order valence-electron chi connectivity index (χ0n) is 31.0. The molecule has 2 bridgehead atoms. The van der Waals surface area contributed by atoms with Gasteiger partial charge in [-0.3, -0.25) is 19.2 Å². The van der Waals surface area contributed by atoms with E-state index in [4.69, 9.17) is 14.2 Å². The van der Waals surface area contributed by atoms with Gasteiger partial charge in [-0.1, -0.05) is 24.3 Å². The summed E-state index contributed by atoms with van der Waals surface area (Å²) in [4.78, 5) is 67.2. The van der Waals surface area contributed by atoms with Crippen LogP contribution in [-0.2, 0) is 25.7 Å². The number of hydrogen-bond acceptors (Lipinski definition) is 10. The number of phenolic OH excluding ortho intramolecular Hbond substituents is 2. The quantitative estimate of drug-likeness (QED) is 0.274. The lowest BCUT2D eigenvalue weighted by Crippen LogP contribution is -2.49. The lowest BCUT2D eigenvalue weighted by Gasteiger charge is -2.42. The van der Waals surface area contributed by atoms with Crippen molar-refractivity contribution in [2.24, 2.45) is 5.92 Å². The van der Waals surface area contributed by atoms with Gasteiger partial charge in [0.1, 0.15) is 22.8 Å². The van der Waals surface area contributed by atoms with Crippen molar-refractivity contribution < 1.29 is 43.6 Å². The van der Waals surface area contributed by atoms with E-state index in [9.17, 15) is 34.2 Å². The number of hydrogen-bond donors (Lipinski definition) is 3. The van der Waals surface area contributed by atoms with E-state index in [1.807, 2.05) is 15.5 Å². The number of Topliss-reactive ketones (excluding diaryl/α,β-unsaturated/α-hetero) is 1. The number of carbonyl (C=O) groups excluding carboxylic acids is 4. The maximum atomic E-state index is 13.7. The van der Waals surface area contributed by atoms with Gasteiger partial charge in [0, 0.05) is 81.0 Å². The predicted molar refractivity (Wildman–Crippen MR) is 201 cm³/mol. The van der Waals surface area contributed by atoms with Gasteiger partial charge >= 0.3 is 5.97 Å². The maximum Gasteiger partial charge on any atom is 0.342 e. The van der Waals surface area contributed by atoms with Gasteiger partial charge in [-0.25, -0.2) is 4.79 Å². The van der Waals surface area contributed by atoms with Crippen LogP contribution in [0.25, 0.3) is 6.08 Å². The molecular formula is C42H47N3O10. The van der Waals surface area contributed by atoms with Crippen molar-refractivity contribution in [1.82, 2.24) is 14.8 Å². The Morgan fingerprint density at radius 3 is 2.65 bits per heavy atom. The zero-order chi connectivity index (χ0) is 38.6. The highest BCUT2D eigenvalue weighted by Crippen LogP contribution is 2.46. The Morgan fingerprint density at radius 1 is 0.982 bits per heavy atom. The second kappa shape index (κ2) is 16.4. The molecule has 1 unspecified atom stereocenters. The van der Waals surface area contributed by atoms with Crippen LogP contribution >= 0.6 is 0 Å². The van der Waals surface area contributed by atoms with E-state index in [0.717, 1.165) is 12.1 Å². The minimum atomic E-state index is -0.950. The summed E-state index contributed by atoms with van der Waals surface area (Å²) in [6.07, 6.45) is 6.65. The number of aromatic nitrogens is 1. The molecule has 0 radical (unpaired) electrons. The fourth-order valence-electron chi connectivity index (χ4n) is 8.36. The number of carbonyl (C=O) groups is 4. The first-order valence-corrected chi connectivity index (χ1v) is 19.2. The Hall–Kier alpha value is -5.59. The van der Waals surface area contributed by atoms with Crippen molar-refractivity contribution >= 4 is 29.6 Å². The van der Waals surface area contributed by atoms with E-state index in [1.165, 1.54) is 6.07 Å². The van der Waals surface area contributed by atoms with Crippen molar-refractivity contribution in [1.29, 1.82) is 0 Å². The molecule has 3 aromatic rings. The van der Waals surface area contributed by atoms with Crippen LogP contribution < -0.4 is 20.3 Å². The van der Waals surface area contributed by atoms with Crippen LogP contribution in [0.5, 0.6) is 23.0 Å². The highest BCUT2D eigenvalue weighted by Gasteiger charge is 2.36. The molecule has 1 fully saturated rings. The predicted octanol–water partition coefficient (Wildman–Crippen LogP) is 5.14. The van der Waals surface area contributed by atoms with Gasteiger partial charge in [0.25, 0.3) is 5.56 Å². The fourth-order valence-corrected chi connectivity index (χ4v) is 8.36. The average Bonchev–Trinajstić information content (AvgIpc) is 3.62. The van der Waals surface area contributed by atoms with E-state index in [1.54, 1.807) is 49.4 Å². The molecule has 0 spiro atoms. The summed E-state index contributed by atoms with van der Waals surface area (Å²) in [5.41, 5.74) is 1.51. The van der Waals surface area contributed by atoms with Crippen molar-refractivity contribution in [3.63, 3.8) is 0 Å². The van der Waals surface area contributed by atoms with Crippen molar-refractivity contribution in [3.05, 3.63) is 86.8 Å². The van der Waals surface area contributed by atoms with Gasteiger partial charge in [0.2, 0.25) is 18.6 Å². The number of ether oxygens (including phenoxy) is 3. The summed E-state index contributed by atoms with van der Waals surface area (Å²) in [5.74, 6) is -1.77. The molecule has 3 N–H and O–H groups in total. The van der Waals surface area contributed by atoms with Gasteiger partial charge < -0.3 is 39.2 Å². The summed E-state index contributed by atoms with van der Waals surface area (Å²) >= 11 is 0. The maximum absolute atomic E-state index is 13.7. The SMILES string of the molecule is C[C@H]1CCCC(=O)CCCC=Cc2cc(O)c(C(CC(=O)NCCC(=O)N3C[C@H]4C[C@@H](C3)c3cccc(=O)n3C4)c3ccc4c(c3)OCO4)c(O)c2C(=O)O1. The van der Waals surface area contributed by atoms with Crippen LogP contribution in [0.1, 0.15) is 109 Å². The number of pyridine rings is 1. The third-order valence-electron chi connectivity index (χ3n) is 11.1. The molecule has 4 atom stereocenters. The molecule has 55 heavy (non-hydrogen) atoms. The number of rotatable bonds is 7. The van der Waals surface area contributed by atoms with Crippen LogP contribution in [0, 0.1) is 5.92 Å². The number of benzene rings is 2. The van der Waals surface area contributed by atoms with Crippen LogP contribution in [0.15, 0.2) is 53.3 Å². The standard InChI is InChI=1S/C42H47N3O10/c1-25-7-5-10-30(46)9-4-2-3-8-28-18-33(47)40(41(51)39(28)42(52)55-25)31(27-13-14-34-35(19-27)54-24-53-34)20-36(48)43-16-15-37(49)44-21-26-17-29(23-44)32-11-6-12-38(50)45(32)22-26/h3,6,8,11-14,18-19,25-26,29,31,47,51H,2,4-5,7,9-10,15-17,20-24H2,1H3,(H,43,48)/t25-,26+,29-,31?/m0/s1. The van der Waals surface area contributed by atoms with Gasteiger partial charge in [0.15, 0.2) is 11.5 Å². The van der Waals surface area contributed by atoms with Crippen LogP contribution in [0.3, 0.4) is 0 Å². The average molecular weight is 754 g/mol. The molecule has 5 heterocycles. The molecule has 2 aromatic carbocycles. The largest absolute Gasteiger partial charge is 0.507 e. The summed E-state index contributed by atoms with van der Waals surface area (Å²) in [7, 11) is 0. The van der Waals surface area contributed by atoms with Crippen LogP contribution in [0.4, 0.5) is 0 Å². The van der Waals surface area contributed by atoms with E-state index >= 15 is 0 Å². The molecule has 0 saturated carbocycles. The van der Waals surface area contributed by atoms with E-state index in [-0.39, 0.29) is 77.7 Å². The van der Waals surface area contributed by atoms with E-state index in [2.05, 4.69) is 5.32 Å². The molecule has 1 saturated heterocycles. The first-order chi connectivity index (χ1) is 26.5. The Labute approximate surface area is 318 Å². The topological polar surface area (TPSA) is 174 Å². The molecule has 2 amide bonds. The molecule has 0 aliphatic carbocycles. The lowest BCUT2D eigenvalue weighted by atomic mass is 9.83. The molecule has 13 heteroatoms. The highest BCUT2D eigenvalue weighted by atomic mass is 16.7. The van der Waals surface area contributed by atoms with Gasteiger partial charge in [0.05, 0.1) is 6.10 Å². The number of phenols is 2. The second-order valence-electron chi connectivity index (χ2n) is 15.0. The van der Waals surface area contributed by atoms with Crippen LogP contribution in [-0.4, -0.2) is 75.8 Å². The highest BCUT2D eigenvalue weighted by molar-refractivity contribution is 5.98. The fraction of sp³-hybridized carbons (Fsp3) is 0.452. The van der Waals surface area contributed by atoms with Crippen molar-refractivity contribution in [2.75, 3.05) is 26.4 Å². The van der Waals surface area contributed by atoms with Gasteiger partial charge in [-0.05, 0) is 80.3 Å². The number of ketones is 1. The number of nitrogens with zero attached hydrogens (tertiary/aromatic N) is 2. The number of allylic oxidation sites excluding steroid dienone is 1.